The molecule has 0 atom stereocenters. The number of nitrogens with zero attached hydrogens (tertiary/aromatic N) is 2. The van der Waals surface area contributed by atoms with Crippen LogP contribution >= 0.6 is 0 Å². The van der Waals surface area contributed by atoms with Gasteiger partial charge < -0.3 is 10.5 Å². The number of rotatable bonds is 6. The van der Waals surface area contributed by atoms with Crippen molar-refractivity contribution >= 4 is 11.9 Å². The number of carbonyl (C=O) groups is 1. The molecule has 0 saturated heterocycles. The number of esters is 1. The second-order valence-corrected chi connectivity index (χ2v) is 3.25. The number of aromatic nitrogens is 2. The lowest BCUT2D eigenvalue weighted by Gasteiger charge is -1.96. The van der Waals surface area contributed by atoms with Gasteiger partial charge in [0.25, 0.3) is 12.1 Å². The number of anilines is 1. The monoisotopic (exact) mass is 214 g/mol. The van der Waals surface area contributed by atoms with Crippen LogP contribution in [0.4, 0.5) is 5.88 Å². The molecule has 84 valence electrons. The van der Waals surface area contributed by atoms with Crippen LogP contribution in [0.5, 0.6) is 0 Å². The van der Waals surface area contributed by atoms with Gasteiger partial charge in [-0.3, -0.25) is 9.32 Å². The minimum absolute atomic E-state index is 0.159. The Labute approximate surface area is 88.0 Å². The van der Waals surface area contributed by atoms with E-state index >= 15 is 0 Å². The van der Waals surface area contributed by atoms with Crippen molar-refractivity contribution in [3.8, 4) is 0 Å². The van der Waals surface area contributed by atoms with E-state index in [2.05, 4.69) is 10.0 Å². The summed E-state index contributed by atoms with van der Waals surface area (Å²) in [5.74, 6) is 0.151. The molecule has 0 bridgehead atoms. The van der Waals surface area contributed by atoms with E-state index in [4.69, 9.17) is 10.3 Å². The van der Waals surface area contributed by atoms with Gasteiger partial charge in [0.15, 0.2) is 6.54 Å². The van der Waals surface area contributed by atoms with Crippen LogP contribution in [0, 0.1) is 0 Å². The Kier molecular flexibility index (Phi) is 4.59. The highest BCUT2D eigenvalue weighted by Crippen LogP contribution is 2.01. The SMILES string of the molecule is COC(=O)CCCCC[n+]1cc(N)on1. The van der Waals surface area contributed by atoms with Crippen LogP contribution in [0.15, 0.2) is 10.7 Å². The molecule has 0 aliphatic carbocycles. The molecule has 0 fully saturated rings. The molecule has 0 unspecified atom stereocenters. The van der Waals surface area contributed by atoms with E-state index in [9.17, 15) is 4.79 Å². The summed E-state index contributed by atoms with van der Waals surface area (Å²) in [6.45, 7) is 0.752. The number of nitrogens with two attached hydrogens (primary N) is 1. The average molecular weight is 214 g/mol. The summed E-state index contributed by atoms with van der Waals surface area (Å²) < 4.78 is 10.9. The van der Waals surface area contributed by atoms with Gasteiger partial charge in [-0.15, -0.1) is 0 Å². The first-order valence-electron chi connectivity index (χ1n) is 4.91. The number of carbonyl (C=O) groups excluding carboxylic acids is 1. The van der Waals surface area contributed by atoms with Crippen LogP contribution in [-0.4, -0.2) is 18.4 Å². The number of unbranched alkanes of at least 4 members (excludes halogenated alkanes) is 2. The minimum atomic E-state index is -0.159. The van der Waals surface area contributed by atoms with Gasteiger partial charge in [0.2, 0.25) is 5.27 Å². The molecule has 0 aliphatic heterocycles. The molecule has 0 aromatic carbocycles. The topological polar surface area (TPSA) is 82.2 Å². The first-order chi connectivity index (χ1) is 7.22. The largest absolute Gasteiger partial charge is 0.469 e. The van der Waals surface area contributed by atoms with Gasteiger partial charge in [-0.25, -0.2) is 0 Å². The quantitative estimate of drug-likeness (QED) is 0.418. The zero-order chi connectivity index (χ0) is 11.1. The molecular weight excluding hydrogens is 198 g/mol. The molecule has 0 radical (unpaired) electrons. The summed E-state index contributed by atoms with van der Waals surface area (Å²) >= 11 is 0. The van der Waals surface area contributed by atoms with Crippen molar-refractivity contribution in [1.29, 1.82) is 0 Å². The van der Waals surface area contributed by atoms with E-state index in [0.717, 1.165) is 25.8 Å². The zero-order valence-corrected chi connectivity index (χ0v) is 8.81. The van der Waals surface area contributed by atoms with E-state index in [1.165, 1.54) is 7.11 Å². The van der Waals surface area contributed by atoms with E-state index in [1.54, 1.807) is 10.9 Å². The van der Waals surface area contributed by atoms with Crippen LogP contribution < -0.4 is 10.4 Å². The van der Waals surface area contributed by atoms with Gasteiger partial charge in [-0.05, 0) is 12.8 Å². The molecule has 0 amide bonds. The Morgan fingerprint density at radius 3 is 3.00 bits per heavy atom. The molecule has 6 heteroatoms. The molecule has 1 aromatic rings. The van der Waals surface area contributed by atoms with Crippen LogP contribution in [0.2, 0.25) is 0 Å². The molecule has 15 heavy (non-hydrogen) atoms. The number of hydrogen-bond acceptors (Lipinski definition) is 5. The van der Waals surface area contributed by atoms with Crippen molar-refractivity contribution < 1.29 is 18.7 Å². The molecule has 2 N–H and O–H groups in total. The van der Waals surface area contributed by atoms with Gasteiger partial charge >= 0.3 is 5.97 Å². The Morgan fingerprint density at radius 1 is 1.60 bits per heavy atom. The first kappa shape index (κ1) is 11.5. The molecule has 0 spiro atoms. The van der Waals surface area contributed by atoms with Crippen LogP contribution in [-0.2, 0) is 16.1 Å². The van der Waals surface area contributed by atoms with Crippen molar-refractivity contribution in [3.63, 3.8) is 0 Å². The first-order valence-corrected chi connectivity index (χ1v) is 4.91. The molecule has 0 aliphatic rings. The van der Waals surface area contributed by atoms with Gasteiger partial charge in [0.1, 0.15) is 0 Å². The van der Waals surface area contributed by atoms with Crippen molar-refractivity contribution in [2.45, 2.75) is 32.2 Å². The lowest BCUT2D eigenvalue weighted by Crippen LogP contribution is -2.34. The summed E-state index contributed by atoms with van der Waals surface area (Å²) in [6.07, 6.45) is 4.84. The van der Waals surface area contributed by atoms with Crippen LogP contribution in [0.3, 0.4) is 0 Å². The highest BCUT2D eigenvalue weighted by molar-refractivity contribution is 5.68. The number of nitrogen functional groups attached to an aromatic ring is 1. The third-order valence-corrected chi connectivity index (χ3v) is 2.02. The second-order valence-electron chi connectivity index (χ2n) is 3.25. The maximum atomic E-state index is 10.8. The van der Waals surface area contributed by atoms with Crippen molar-refractivity contribution in [2.24, 2.45) is 0 Å². The van der Waals surface area contributed by atoms with Gasteiger partial charge in [-0.2, -0.15) is 0 Å². The predicted molar refractivity (Wildman–Crippen MR) is 51.6 cm³/mol. The van der Waals surface area contributed by atoms with Crippen molar-refractivity contribution in [3.05, 3.63) is 6.20 Å². The number of ether oxygens (including phenoxy) is 1. The zero-order valence-electron chi connectivity index (χ0n) is 8.81. The normalized spacial score (nSPS) is 10.2. The molecule has 6 nitrogen and oxygen atoms in total. The Bertz CT molecular complexity index is 311. The standard InChI is InChI=1S/C9H16N3O3/c1-14-9(13)5-3-2-4-6-12-7-8(10)15-11-12/h7H,2-6,10H2,1H3/q+1. The van der Waals surface area contributed by atoms with Gasteiger partial charge in [0.05, 0.1) is 7.11 Å². The summed E-state index contributed by atoms with van der Waals surface area (Å²) in [4.78, 5) is 10.8. The maximum absolute atomic E-state index is 10.8. The third-order valence-electron chi connectivity index (χ3n) is 2.02. The Hall–Kier alpha value is -1.59. The van der Waals surface area contributed by atoms with Crippen LogP contribution in [0.25, 0.3) is 0 Å². The molecule has 0 saturated carbocycles. The second kappa shape index (κ2) is 6.00. The van der Waals surface area contributed by atoms with Gasteiger partial charge in [-0.1, -0.05) is 4.68 Å². The van der Waals surface area contributed by atoms with Crippen molar-refractivity contribution in [1.82, 2.24) is 5.27 Å². The Morgan fingerprint density at radius 2 is 2.40 bits per heavy atom. The summed E-state index contributed by atoms with van der Waals surface area (Å²) in [6, 6.07) is 0. The third kappa shape index (κ3) is 4.44. The Balaban J connectivity index is 2.05. The predicted octanol–water partition coefficient (Wildman–Crippen LogP) is 0.278. The lowest BCUT2D eigenvalue weighted by molar-refractivity contribution is -0.762. The van der Waals surface area contributed by atoms with Gasteiger partial charge in [0, 0.05) is 12.8 Å². The molecule has 1 heterocycles. The number of aryl methyl sites for hydroxylation is 1. The fourth-order valence-electron chi connectivity index (χ4n) is 1.22. The van der Waals surface area contributed by atoms with Crippen LogP contribution in [0.1, 0.15) is 25.7 Å². The summed E-state index contributed by atoms with van der Waals surface area (Å²) in [7, 11) is 1.40. The van der Waals surface area contributed by atoms with E-state index < -0.39 is 0 Å². The minimum Gasteiger partial charge on any atom is -0.469 e. The average Bonchev–Trinajstić information content (AvgIpc) is 2.63. The maximum Gasteiger partial charge on any atom is 0.305 e. The number of hydrogen-bond donors (Lipinski definition) is 1. The molecular formula is C9H16N3O3+. The highest BCUT2D eigenvalue weighted by Gasteiger charge is 2.07. The summed E-state index contributed by atoms with van der Waals surface area (Å²) in [5.41, 5.74) is 5.36. The molecule has 1 rings (SSSR count). The van der Waals surface area contributed by atoms with E-state index in [0.29, 0.717) is 12.3 Å². The van der Waals surface area contributed by atoms with E-state index in [-0.39, 0.29) is 5.97 Å². The fourth-order valence-corrected chi connectivity index (χ4v) is 1.22. The molecule has 1 aromatic heterocycles. The summed E-state index contributed by atoms with van der Waals surface area (Å²) in [5, 5.41) is 3.69. The smallest absolute Gasteiger partial charge is 0.305 e. The lowest BCUT2D eigenvalue weighted by atomic mass is 10.2. The highest BCUT2D eigenvalue weighted by atomic mass is 16.5. The van der Waals surface area contributed by atoms with Crippen molar-refractivity contribution in [2.75, 3.05) is 12.8 Å². The number of methoxy groups -OCH3 is 1. The van der Waals surface area contributed by atoms with E-state index in [1.807, 2.05) is 0 Å². The fraction of sp³-hybridized carbons (Fsp3) is 0.667.